The smallest absolute Gasteiger partial charge is 0.0716 e. The summed E-state index contributed by atoms with van der Waals surface area (Å²) in [5, 5.41) is 20.9. The van der Waals surface area contributed by atoms with Gasteiger partial charge in [-0.25, -0.2) is 0 Å². The number of nitrogens with one attached hydrogen (secondary N) is 1. The lowest BCUT2D eigenvalue weighted by molar-refractivity contribution is -0.255. The summed E-state index contributed by atoms with van der Waals surface area (Å²) in [5.41, 5.74) is 1.74. The Morgan fingerprint density at radius 1 is 1.07 bits per heavy atom. The molecular formula is C8H6N2O4-2. The molecule has 0 spiro atoms. The van der Waals surface area contributed by atoms with Crippen molar-refractivity contribution in [2.45, 2.75) is 0 Å². The predicted octanol–water partition coefficient (Wildman–Crippen LogP) is -2.30. The van der Waals surface area contributed by atoms with Gasteiger partial charge in [-0.05, 0) is 29.3 Å². The second kappa shape index (κ2) is 3.75. The van der Waals surface area contributed by atoms with Crippen LogP contribution in [0.4, 0.5) is 5.69 Å². The van der Waals surface area contributed by atoms with E-state index in [-0.39, 0.29) is 16.8 Å². The van der Waals surface area contributed by atoms with Gasteiger partial charge in [-0.3, -0.25) is 5.84 Å². The van der Waals surface area contributed by atoms with Crippen molar-refractivity contribution in [3.63, 3.8) is 0 Å². The van der Waals surface area contributed by atoms with Gasteiger partial charge in [0, 0.05) is 5.69 Å². The Balaban J connectivity index is 3.27. The predicted molar refractivity (Wildman–Crippen MR) is 42.9 cm³/mol. The number of hydrogen-bond acceptors (Lipinski definition) is 6. The maximum absolute atomic E-state index is 10.5. The van der Waals surface area contributed by atoms with Crippen molar-refractivity contribution in [2.24, 2.45) is 5.84 Å². The number of benzene rings is 1. The Kier molecular flexibility index (Phi) is 2.68. The van der Waals surface area contributed by atoms with Crippen LogP contribution in [0, 0.1) is 0 Å². The first-order chi connectivity index (χ1) is 6.54. The molecule has 0 aliphatic heterocycles. The van der Waals surface area contributed by atoms with Gasteiger partial charge >= 0.3 is 0 Å². The van der Waals surface area contributed by atoms with Crippen molar-refractivity contribution in [3.8, 4) is 0 Å². The van der Waals surface area contributed by atoms with Gasteiger partial charge in [0.1, 0.15) is 0 Å². The summed E-state index contributed by atoms with van der Waals surface area (Å²) in [6.07, 6.45) is 0. The fraction of sp³-hybridized carbons (Fsp3) is 0. The van der Waals surface area contributed by atoms with Gasteiger partial charge < -0.3 is 25.2 Å². The van der Waals surface area contributed by atoms with Crippen molar-refractivity contribution >= 4 is 17.6 Å². The molecule has 0 aliphatic rings. The van der Waals surface area contributed by atoms with E-state index in [4.69, 9.17) is 5.84 Å². The van der Waals surface area contributed by atoms with Crippen molar-refractivity contribution in [2.75, 3.05) is 5.43 Å². The number of nitrogen functional groups attached to an aromatic ring is 1. The van der Waals surface area contributed by atoms with Crippen LogP contribution in [0.3, 0.4) is 0 Å². The van der Waals surface area contributed by atoms with E-state index < -0.39 is 11.9 Å². The minimum atomic E-state index is -1.48. The first-order valence-electron chi connectivity index (χ1n) is 3.59. The first kappa shape index (κ1) is 10.0. The van der Waals surface area contributed by atoms with Crippen molar-refractivity contribution in [1.82, 2.24) is 0 Å². The van der Waals surface area contributed by atoms with E-state index in [2.05, 4.69) is 5.43 Å². The van der Waals surface area contributed by atoms with Crippen molar-refractivity contribution in [3.05, 3.63) is 29.3 Å². The quantitative estimate of drug-likeness (QED) is 0.412. The monoisotopic (exact) mass is 194 g/mol. The molecule has 3 N–H and O–H groups in total. The summed E-state index contributed by atoms with van der Waals surface area (Å²) in [4.78, 5) is 20.9. The molecule has 74 valence electrons. The van der Waals surface area contributed by atoms with E-state index in [0.717, 1.165) is 18.2 Å². The summed E-state index contributed by atoms with van der Waals surface area (Å²) in [6, 6.07) is 3.25. The molecule has 14 heavy (non-hydrogen) atoms. The average molecular weight is 194 g/mol. The average Bonchev–Trinajstić information content (AvgIpc) is 2.16. The van der Waals surface area contributed by atoms with Crippen LogP contribution in [-0.4, -0.2) is 11.9 Å². The van der Waals surface area contributed by atoms with Crippen LogP contribution in [-0.2, 0) is 0 Å². The third-order valence-electron chi connectivity index (χ3n) is 1.57. The highest BCUT2D eigenvalue weighted by Crippen LogP contribution is 2.13. The summed E-state index contributed by atoms with van der Waals surface area (Å²) >= 11 is 0. The first-order valence-corrected chi connectivity index (χ1v) is 3.59. The molecule has 0 saturated carbocycles. The van der Waals surface area contributed by atoms with Gasteiger partial charge in [0.05, 0.1) is 11.9 Å². The third kappa shape index (κ3) is 1.99. The van der Waals surface area contributed by atoms with E-state index >= 15 is 0 Å². The lowest BCUT2D eigenvalue weighted by Crippen LogP contribution is -2.26. The van der Waals surface area contributed by atoms with E-state index in [1.165, 1.54) is 0 Å². The molecule has 0 radical (unpaired) electrons. The Hall–Kier alpha value is -2.08. The third-order valence-corrected chi connectivity index (χ3v) is 1.57. The van der Waals surface area contributed by atoms with Crippen LogP contribution in [0.1, 0.15) is 20.7 Å². The number of aromatic carboxylic acids is 2. The van der Waals surface area contributed by atoms with E-state index in [1.807, 2.05) is 0 Å². The minimum Gasteiger partial charge on any atom is -0.545 e. The number of carbonyl (C=O) groups is 2. The van der Waals surface area contributed by atoms with Crippen LogP contribution >= 0.6 is 0 Å². The molecule has 0 bridgehead atoms. The molecule has 1 aromatic carbocycles. The van der Waals surface area contributed by atoms with E-state index in [0.29, 0.717) is 0 Å². The second-order valence-electron chi connectivity index (χ2n) is 2.52. The highest BCUT2D eigenvalue weighted by atomic mass is 16.4. The van der Waals surface area contributed by atoms with Crippen LogP contribution in [0.15, 0.2) is 18.2 Å². The number of hydrogen-bond donors (Lipinski definition) is 2. The lowest BCUT2D eigenvalue weighted by Gasteiger charge is -2.10. The molecule has 0 aliphatic carbocycles. The molecule has 0 heterocycles. The molecule has 1 rings (SSSR count). The molecule has 0 amide bonds. The summed E-state index contributed by atoms with van der Waals surface area (Å²) in [7, 11) is 0. The zero-order chi connectivity index (χ0) is 10.7. The van der Waals surface area contributed by atoms with Gasteiger partial charge in [0.15, 0.2) is 0 Å². The summed E-state index contributed by atoms with van der Waals surface area (Å²) in [6.45, 7) is 0. The number of nitrogens with two attached hydrogens (primary N) is 1. The molecule has 0 atom stereocenters. The topological polar surface area (TPSA) is 118 Å². The fourth-order valence-electron chi connectivity index (χ4n) is 0.947. The molecule has 6 heteroatoms. The Bertz CT molecular complexity index is 357. The van der Waals surface area contributed by atoms with Crippen LogP contribution in [0.2, 0.25) is 0 Å². The highest BCUT2D eigenvalue weighted by molar-refractivity contribution is 5.93. The summed E-state index contributed by atoms with van der Waals surface area (Å²) in [5.74, 6) is 2.05. The largest absolute Gasteiger partial charge is 0.545 e. The maximum Gasteiger partial charge on any atom is 0.0716 e. The Morgan fingerprint density at radius 3 is 1.79 bits per heavy atom. The van der Waals surface area contributed by atoms with Crippen LogP contribution in [0.25, 0.3) is 0 Å². The van der Waals surface area contributed by atoms with Gasteiger partial charge in [0.25, 0.3) is 0 Å². The second-order valence-corrected chi connectivity index (χ2v) is 2.52. The van der Waals surface area contributed by atoms with Crippen LogP contribution < -0.4 is 21.5 Å². The van der Waals surface area contributed by atoms with Gasteiger partial charge in [-0.1, -0.05) is 0 Å². The standard InChI is InChI=1S/C8H8N2O4/c9-10-6-2-4(7(11)12)1-5(3-6)8(13)14/h1-3,10H,9H2,(H,11,12)(H,13,14)/p-2. The van der Waals surface area contributed by atoms with Gasteiger partial charge in [0.2, 0.25) is 0 Å². The SMILES string of the molecule is NNc1cc(C(=O)[O-])cc(C(=O)[O-])c1. The number of rotatable bonds is 3. The van der Waals surface area contributed by atoms with E-state index in [9.17, 15) is 19.8 Å². The van der Waals surface area contributed by atoms with Gasteiger partial charge in [-0.15, -0.1) is 0 Å². The molecule has 6 nitrogen and oxygen atoms in total. The molecule has 0 fully saturated rings. The highest BCUT2D eigenvalue weighted by Gasteiger charge is 2.01. The maximum atomic E-state index is 10.5. The van der Waals surface area contributed by atoms with Gasteiger partial charge in [-0.2, -0.15) is 0 Å². The fourth-order valence-corrected chi connectivity index (χ4v) is 0.947. The number of carboxylic acids is 2. The van der Waals surface area contributed by atoms with E-state index in [1.54, 1.807) is 0 Å². The molecule has 0 unspecified atom stereocenters. The number of carboxylic acid groups (broad SMARTS) is 2. The Labute approximate surface area is 78.9 Å². The van der Waals surface area contributed by atoms with Crippen molar-refractivity contribution in [1.29, 1.82) is 0 Å². The Morgan fingerprint density at radius 2 is 1.50 bits per heavy atom. The molecule has 1 aromatic rings. The molecule has 0 saturated heterocycles. The minimum absolute atomic E-state index is 0.158. The number of hydrazine groups is 1. The zero-order valence-corrected chi connectivity index (χ0v) is 6.94. The molecular weight excluding hydrogens is 188 g/mol. The normalized spacial score (nSPS) is 9.50. The van der Waals surface area contributed by atoms with Crippen LogP contribution in [0.5, 0.6) is 0 Å². The number of anilines is 1. The summed E-state index contributed by atoms with van der Waals surface area (Å²) < 4.78 is 0. The lowest BCUT2D eigenvalue weighted by atomic mass is 10.1. The van der Waals surface area contributed by atoms with Crippen molar-refractivity contribution < 1.29 is 19.8 Å². The molecule has 0 aromatic heterocycles. The zero-order valence-electron chi connectivity index (χ0n) is 6.94. The number of carbonyl (C=O) groups excluding carboxylic acids is 2.